The molecule has 0 radical (unpaired) electrons. The molecule has 0 unspecified atom stereocenters. The molecule has 5 nitrogen and oxygen atoms in total. The fourth-order valence-electron chi connectivity index (χ4n) is 4.25. The minimum atomic E-state index is -4.45. The Hall–Kier alpha value is -2.68. The molecule has 2 aromatic heterocycles. The number of carbonyl (C=O) groups is 1. The van der Waals surface area contributed by atoms with Crippen molar-refractivity contribution < 1.29 is 18.0 Å². The van der Waals surface area contributed by atoms with Crippen molar-refractivity contribution in [1.29, 1.82) is 0 Å². The Balaban J connectivity index is 1.66. The van der Waals surface area contributed by atoms with Gasteiger partial charge in [0.15, 0.2) is 0 Å². The molecule has 2 atom stereocenters. The second-order valence-electron chi connectivity index (χ2n) is 8.21. The minimum absolute atomic E-state index is 0.00133. The number of benzene rings is 1. The Morgan fingerprint density at radius 3 is 2.62 bits per heavy atom. The number of pyridine rings is 2. The molecule has 4 rings (SSSR count). The number of anilines is 1. The summed E-state index contributed by atoms with van der Waals surface area (Å²) in [5.74, 6) is 0.483. The first-order valence-corrected chi connectivity index (χ1v) is 11.1. The van der Waals surface area contributed by atoms with Crippen molar-refractivity contribution in [2.45, 2.75) is 44.9 Å². The lowest BCUT2D eigenvalue weighted by Crippen LogP contribution is -2.41. The molecule has 1 aliphatic carbocycles. The van der Waals surface area contributed by atoms with E-state index in [1.807, 2.05) is 6.07 Å². The number of hydrogen-bond acceptors (Lipinski definition) is 4. The smallest absolute Gasteiger partial charge is 0.383 e. The number of alkyl halides is 3. The Morgan fingerprint density at radius 2 is 2.00 bits per heavy atom. The maximum absolute atomic E-state index is 13.6. The van der Waals surface area contributed by atoms with Crippen molar-refractivity contribution >= 4 is 38.6 Å². The molecule has 2 N–H and O–H groups in total. The summed E-state index contributed by atoms with van der Waals surface area (Å²) < 4.78 is 39.3. The number of hydrogen-bond donors (Lipinski definition) is 1. The van der Waals surface area contributed by atoms with E-state index >= 15 is 0 Å². The van der Waals surface area contributed by atoms with Crippen LogP contribution < -0.4 is 5.73 Å². The van der Waals surface area contributed by atoms with Gasteiger partial charge in [-0.2, -0.15) is 13.2 Å². The van der Waals surface area contributed by atoms with Gasteiger partial charge in [-0.15, -0.1) is 0 Å². The minimum Gasteiger partial charge on any atom is -0.383 e. The predicted octanol–water partition coefficient (Wildman–Crippen LogP) is 5.82. The van der Waals surface area contributed by atoms with Gasteiger partial charge in [0.2, 0.25) is 0 Å². The van der Waals surface area contributed by atoms with Crippen molar-refractivity contribution in [1.82, 2.24) is 14.9 Å². The number of nitrogen functional groups attached to an aromatic ring is 1. The largest absolute Gasteiger partial charge is 0.417 e. The van der Waals surface area contributed by atoms with Crippen LogP contribution >= 0.6 is 15.9 Å². The van der Waals surface area contributed by atoms with Crippen LogP contribution in [0.3, 0.4) is 0 Å². The number of nitrogens with zero attached hydrogens (tertiary/aromatic N) is 3. The number of nitrogens with two attached hydrogens (primary N) is 1. The van der Waals surface area contributed by atoms with E-state index in [2.05, 4.69) is 32.8 Å². The van der Waals surface area contributed by atoms with Crippen molar-refractivity contribution in [3.8, 4) is 0 Å². The van der Waals surface area contributed by atoms with Gasteiger partial charge in [0.05, 0.1) is 27.8 Å². The highest BCUT2D eigenvalue weighted by Gasteiger charge is 2.34. The van der Waals surface area contributed by atoms with Gasteiger partial charge in [0.25, 0.3) is 5.91 Å². The fraction of sp³-hybridized carbons (Fsp3) is 0.348. The van der Waals surface area contributed by atoms with Crippen LogP contribution in [-0.2, 0) is 12.7 Å². The molecule has 1 aromatic carbocycles. The molecule has 2 heterocycles. The molecule has 0 aliphatic heterocycles. The van der Waals surface area contributed by atoms with Gasteiger partial charge >= 0.3 is 6.18 Å². The maximum Gasteiger partial charge on any atom is 0.417 e. The summed E-state index contributed by atoms with van der Waals surface area (Å²) in [6.07, 6.45) is -0.769. The quantitative estimate of drug-likeness (QED) is 0.483. The van der Waals surface area contributed by atoms with Crippen LogP contribution in [0, 0.1) is 5.92 Å². The topological polar surface area (TPSA) is 72.1 Å². The van der Waals surface area contributed by atoms with Crippen LogP contribution in [0.2, 0.25) is 0 Å². The number of carbonyl (C=O) groups excluding carboxylic acids is 1. The van der Waals surface area contributed by atoms with Crippen LogP contribution in [0.5, 0.6) is 0 Å². The highest BCUT2D eigenvalue weighted by Crippen LogP contribution is 2.33. The first-order chi connectivity index (χ1) is 15.1. The van der Waals surface area contributed by atoms with Gasteiger partial charge in [-0.1, -0.05) is 13.3 Å². The third-order valence-electron chi connectivity index (χ3n) is 6.00. The van der Waals surface area contributed by atoms with E-state index in [0.717, 1.165) is 36.9 Å². The molecule has 0 bridgehead atoms. The molecule has 9 heteroatoms. The lowest BCUT2D eigenvalue weighted by atomic mass is 10.0. The van der Waals surface area contributed by atoms with Gasteiger partial charge < -0.3 is 10.6 Å². The number of amides is 1. The van der Waals surface area contributed by atoms with Gasteiger partial charge in [-0.3, -0.25) is 9.78 Å². The first kappa shape index (κ1) is 22.5. The van der Waals surface area contributed by atoms with E-state index in [1.165, 1.54) is 6.07 Å². The molecule has 1 amide bonds. The summed E-state index contributed by atoms with van der Waals surface area (Å²) >= 11 is 3.36. The zero-order chi connectivity index (χ0) is 23.0. The summed E-state index contributed by atoms with van der Waals surface area (Å²) in [7, 11) is 0. The zero-order valence-electron chi connectivity index (χ0n) is 17.4. The van der Waals surface area contributed by atoms with Gasteiger partial charge in [-0.25, -0.2) is 4.98 Å². The molecule has 168 valence electrons. The summed E-state index contributed by atoms with van der Waals surface area (Å²) in [6, 6.07) is 9.38. The molecule has 0 saturated heterocycles. The zero-order valence-corrected chi connectivity index (χ0v) is 18.9. The highest BCUT2D eigenvalue weighted by atomic mass is 79.9. The van der Waals surface area contributed by atoms with Crippen LogP contribution in [0.4, 0.5) is 19.0 Å². The van der Waals surface area contributed by atoms with E-state index in [0.29, 0.717) is 33.0 Å². The van der Waals surface area contributed by atoms with Gasteiger partial charge in [0, 0.05) is 23.2 Å². The van der Waals surface area contributed by atoms with E-state index < -0.39 is 11.7 Å². The van der Waals surface area contributed by atoms with E-state index in [4.69, 9.17) is 5.73 Å². The molecular weight excluding hydrogens is 485 g/mol. The molecule has 32 heavy (non-hydrogen) atoms. The molecule has 3 aromatic rings. The van der Waals surface area contributed by atoms with Gasteiger partial charge in [0.1, 0.15) is 5.82 Å². The normalized spacial score (nSPS) is 18.8. The van der Waals surface area contributed by atoms with E-state index in [1.54, 1.807) is 23.1 Å². The summed E-state index contributed by atoms with van der Waals surface area (Å²) in [5, 5.41) is 0.768. The third kappa shape index (κ3) is 4.57. The summed E-state index contributed by atoms with van der Waals surface area (Å²) in [5.41, 5.74) is 6.62. The Labute approximate surface area is 192 Å². The number of fused-ring (bicyclic) bond motifs is 1. The number of aromatic nitrogens is 2. The van der Waals surface area contributed by atoms with Crippen molar-refractivity contribution in [3.05, 3.63) is 63.9 Å². The van der Waals surface area contributed by atoms with E-state index in [9.17, 15) is 18.0 Å². The average Bonchev–Trinajstić information content (AvgIpc) is 3.17. The number of rotatable bonds is 4. The van der Waals surface area contributed by atoms with Gasteiger partial charge in [-0.05, 0) is 71.1 Å². The van der Waals surface area contributed by atoms with Crippen LogP contribution in [0.1, 0.15) is 47.8 Å². The maximum atomic E-state index is 13.6. The molecular formula is C23H22BrF3N4O. The standard InChI is InChI=1S/C23H22BrF3N4O/c1-13-3-2-4-20(13)31(12-17-7-6-16(11-29-17)23(25,26)27)22(32)14-5-8-19-15(9-14)10-18(24)21(28)30-19/h5-11,13,20H,2-4,12H2,1H3,(H2,28,30)/t13-,20-/m1/s1. The lowest BCUT2D eigenvalue weighted by Gasteiger charge is -2.32. The molecule has 1 fully saturated rings. The Kier molecular flexibility index (Phi) is 6.11. The molecule has 0 spiro atoms. The predicted molar refractivity (Wildman–Crippen MR) is 120 cm³/mol. The highest BCUT2D eigenvalue weighted by molar-refractivity contribution is 9.10. The summed E-state index contributed by atoms with van der Waals surface area (Å²) in [4.78, 5) is 23.6. The SMILES string of the molecule is C[C@@H]1CCC[C@H]1N(Cc1ccc(C(F)(F)F)cn1)C(=O)c1ccc2nc(N)c(Br)cc2c1. The third-order valence-corrected chi connectivity index (χ3v) is 6.64. The van der Waals surface area contributed by atoms with Crippen LogP contribution in [0.25, 0.3) is 10.9 Å². The average molecular weight is 507 g/mol. The van der Waals surface area contributed by atoms with Crippen LogP contribution in [0.15, 0.2) is 47.1 Å². The molecule has 1 aliphatic rings. The van der Waals surface area contributed by atoms with Crippen molar-refractivity contribution in [2.75, 3.05) is 5.73 Å². The molecule has 1 saturated carbocycles. The van der Waals surface area contributed by atoms with Crippen molar-refractivity contribution in [2.24, 2.45) is 5.92 Å². The lowest BCUT2D eigenvalue weighted by molar-refractivity contribution is -0.137. The first-order valence-electron chi connectivity index (χ1n) is 10.3. The monoisotopic (exact) mass is 506 g/mol. The Morgan fingerprint density at radius 1 is 1.22 bits per heavy atom. The number of halogens is 4. The van der Waals surface area contributed by atoms with Crippen LogP contribution in [-0.4, -0.2) is 26.8 Å². The Bertz CT molecular complexity index is 1150. The van der Waals surface area contributed by atoms with E-state index in [-0.39, 0.29) is 18.5 Å². The van der Waals surface area contributed by atoms with Crippen molar-refractivity contribution in [3.63, 3.8) is 0 Å². The second kappa shape index (κ2) is 8.69. The second-order valence-corrected chi connectivity index (χ2v) is 9.06. The summed E-state index contributed by atoms with van der Waals surface area (Å²) in [6.45, 7) is 2.25. The fourth-order valence-corrected chi connectivity index (χ4v) is 4.59.